The van der Waals surface area contributed by atoms with Crippen LogP contribution in [0.15, 0.2) is 42.6 Å². The first-order chi connectivity index (χ1) is 15.9. The number of thiocarbonyl (C=S) groups is 1. The van der Waals surface area contributed by atoms with Crippen molar-refractivity contribution in [3.05, 3.63) is 65.0 Å². The molecule has 34 heavy (non-hydrogen) atoms. The molecule has 176 valence electrons. The van der Waals surface area contributed by atoms with Crippen molar-refractivity contribution in [1.82, 2.24) is 15.4 Å². The Morgan fingerprint density at radius 2 is 1.97 bits per heavy atom. The molecule has 1 fully saturated rings. The fourth-order valence-electron chi connectivity index (χ4n) is 3.34. The largest absolute Gasteiger partial charge is 0.419 e. The summed E-state index contributed by atoms with van der Waals surface area (Å²) < 4.78 is 40.2. The molecule has 8 nitrogen and oxygen atoms in total. The molecule has 0 atom stereocenters. The lowest BCUT2D eigenvalue weighted by Gasteiger charge is -2.29. The van der Waals surface area contributed by atoms with Gasteiger partial charge in [-0.3, -0.25) is 19.7 Å². The van der Waals surface area contributed by atoms with Gasteiger partial charge in [-0.1, -0.05) is 24.3 Å². The molecule has 3 rings (SSSR count). The summed E-state index contributed by atoms with van der Waals surface area (Å²) >= 11 is 5.45. The highest BCUT2D eigenvalue weighted by Crippen LogP contribution is 2.37. The molecule has 1 aliphatic rings. The number of alkyl halides is 3. The van der Waals surface area contributed by atoms with E-state index in [1.165, 1.54) is 17.6 Å². The zero-order chi connectivity index (χ0) is 25.3. The number of aromatic nitrogens is 1. The summed E-state index contributed by atoms with van der Waals surface area (Å²) in [6, 6.07) is 9.01. The second kappa shape index (κ2) is 9.20. The number of amides is 2. The molecule has 0 unspecified atom stereocenters. The number of nitrogens with zero attached hydrogens (tertiary/aromatic N) is 4. The summed E-state index contributed by atoms with van der Waals surface area (Å²) in [5, 5.41) is 17.5. The average molecular weight is 489 g/mol. The van der Waals surface area contributed by atoms with E-state index < -0.39 is 34.8 Å². The van der Waals surface area contributed by atoms with Gasteiger partial charge >= 0.3 is 6.18 Å². The number of anilines is 1. The first-order valence-corrected chi connectivity index (χ1v) is 10.2. The number of halogens is 3. The summed E-state index contributed by atoms with van der Waals surface area (Å²) in [4.78, 5) is 30.4. The zero-order valence-corrected chi connectivity index (χ0v) is 18.7. The van der Waals surface area contributed by atoms with Crippen molar-refractivity contribution in [2.24, 2.45) is 0 Å². The van der Waals surface area contributed by atoms with Crippen LogP contribution in [0.3, 0.4) is 0 Å². The highest BCUT2D eigenvalue weighted by molar-refractivity contribution is 7.80. The van der Waals surface area contributed by atoms with Gasteiger partial charge in [-0.15, -0.1) is 0 Å². The number of hydrogen-bond acceptors (Lipinski definition) is 6. The third-order valence-electron chi connectivity index (χ3n) is 5.22. The van der Waals surface area contributed by atoms with E-state index in [0.717, 1.165) is 22.7 Å². The van der Waals surface area contributed by atoms with Crippen LogP contribution in [0, 0.1) is 11.3 Å². The highest BCUT2D eigenvalue weighted by Gasteiger charge is 2.50. The number of carbonyl (C=O) groups is 2. The molecule has 1 aromatic carbocycles. The Morgan fingerprint density at radius 3 is 2.53 bits per heavy atom. The lowest BCUT2D eigenvalue weighted by molar-refractivity contribution is -0.138. The summed E-state index contributed by atoms with van der Waals surface area (Å²) in [5.41, 5.74) is -0.482. The van der Waals surface area contributed by atoms with Crippen molar-refractivity contribution >= 4 is 40.9 Å². The van der Waals surface area contributed by atoms with E-state index in [4.69, 9.17) is 22.7 Å². The van der Waals surface area contributed by atoms with Gasteiger partial charge < -0.3 is 4.90 Å². The second-order valence-corrected chi connectivity index (χ2v) is 8.18. The Labute approximate surface area is 197 Å². The smallest absolute Gasteiger partial charge is 0.330 e. The van der Waals surface area contributed by atoms with Crippen LogP contribution in [0.2, 0.25) is 0 Å². The van der Waals surface area contributed by atoms with Crippen LogP contribution in [0.25, 0.3) is 6.08 Å². The maximum atomic E-state index is 13.4. The quantitative estimate of drug-likeness (QED) is 0.287. The van der Waals surface area contributed by atoms with Crippen molar-refractivity contribution in [1.29, 1.82) is 5.26 Å². The van der Waals surface area contributed by atoms with Gasteiger partial charge in [0.2, 0.25) is 0 Å². The summed E-state index contributed by atoms with van der Waals surface area (Å²) in [6.07, 6.45) is -1.19. The summed E-state index contributed by atoms with van der Waals surface area (Å²) in [7, 11) is 0. The maximum absolute atomic E-state index is 13.4. The third-order valence-corrected chi connectivity index (χ3v) is 5.63. The van der Waals surface area contributed by atoms with Crippen LogP contribution in [-0.4, -0.2) is 37.6 Å². The fraction of sp³-hybridized carbons (Fsp3) is 0.227. The Morgan fingerprint density at radius 1 is 1.32 bits per heavy atom. The predicted molar refractivity (Wildman–Crippen MR) is 119 cm³/mol. The number of nitrogens with one attached hydrogen (secondary N) is 1. The van der Waals surface area contributed by atoms with E-state index in [2.05, 4.69) is 4.98 Å². The molecule has 0 aliphatic carbocycles. The Kier molecular flexibility index (Phi) is 6.72. The van der Waals surface area contributed by atoms with Gasteiger partial charge in [0.25, 0.3) is 11.8 Å². The highest BCUT2D eigenvalue weighted by atomic mass is 32.1. The molecule has 1 aliphatic heterocycles. The number of carbonyl (C=O) groups excluding carboxylic acids is 2. The molecule has 2 heterocycles. The molecule has 2 amide bonds. The van der Waals surface area contributed by atoms with Crippen molar-refractivity contribution in [3.63, 3.8) is 0 Å². The molecule has 0 spiro atoms. The van der Waals surface area contributed by atoms with Crippen LogP contribution in [0.1, 0.15) is 36.2 Å². The van der Waals surface area contributed by atoms with Crippen molar-refractivity contribution in [2.75, 3.05) is 4.90 Å². The van der Waals surface area contributed by atoms with E-state index in [1.807, 2.05) is 0 Å². The normalized spacial score (nSPS) is 15.7. The van der Waals surface area contributed by atoms with E-state index in [-0.39, 0.29) is 17.3 Å². The molecule has 0 saturated carbocycles. The second-order valence-electron chi connectivity index (χ2n) is 7.82. The molecule has 1 aromatic heterocycles. The minimum absolute atomic E-state index is 0.00165. The third kappa shape index (κ3) is 4.75. The minimum atomic E-state index is -4.83. The summed E-state index contributed by atoms with van der Waals surface area (Å²) in [6.45, 7) is 3.40. The molecule has 0 radical (unpaired) electrons. The number of hydrogen-bond donors (Lipinski definition) is 2. The van der Waals surface area contributed by atoms with Crippen LogP contribution in [0.4, 0.5) is 18.9 Å². The first-order valence-electron chi connectivity index (χ1n) is 9.74. The van der Waals surface area contributed by atoms with Gasteiger partial charge in [-0.05, 0) is 49.3 Å². The topological polar surface area (TPSA) is 110 Å². The standard InChI is InChI=1S/C22H18F3N5O3S/c1-21(2)19(32)30(15-9-16(22(23,24)25)17(10-26)27-11-15)20(34)29(21)12-14-5-3-13(4-6-14)7-8-18(31)28-33/h3-9,11,33H,12H2,1-2H3,(H,28,31)/b8-7+. The lowest BCUT2D eigenvalue weighted by Crippen LogP contribution is -2.43. The minimum Gasteiger partial charge on any atom is -0.330 e. The molecule has 12 heteroatoms. The summed E-state index contributed by atoms with van der Waals surface area (Å²) in [5.74, 6) is -1.22. The maximum Gasteiger partial charge on any atom is 0.419 e. The number of pyridine rings is 1. The SMILES string of the molecule is CC1(C)C(=O)N(c2cnc(C#N)c(C(F)(F)F)c2)C(=S)N1Cc1ccc(/C=C/C(=O)NO)cc1. The molecule has 2 aromatic rings. The monoisotopic (exact) mass is 489 g/mol. The number of benzene rings is 1. The van der Waals surface area contributed by atoms with Crippen LogP contribution >= 0.6 is 12.2 Å². The van der Waals surface area contributed by atoms with Gasteiger partial charge in [0, 0.05) is 12.6 Å². The molecule has 2 N–H and O–H groups in total. The van der Waals surface area contributed by atoms with Crippen molar-refractivity contribution in [3.8, 4) is 6.07 Å². The number of hydroxylamine groups is 1. The Bertz CT molecular complexity index is 1220. The van der Waals surface area contributed by atoms with Crippen molar-refractivity contribution < 1.29 is 28.0 Å². The molecular weight excluding hydrogens is 471 g/mol. The molecular formula is C22H18F3N5O3S. The van der Waals surface area contributed by atoms with Crippen molar-refractivity contribution in [2.45, 2.75) is 32.1 Å². The van der Waals surface area contributed by atoms with Gasteiger partial charge in [0.15, 0.2) is 10.8 Å². The average Bonchev–Trinajstić information content (AvgIpc) is 2.96. The van der Waals surface area contributed by atoms with Gasteiger partial charge in [0.05, 0.1) is 17.4 Å². The van der Waals surface area contributed by atoms with Crippen LogP contribution < -0.4 is 10.4 Å². The molecule has 1 saturated heterocycles. The van der Waals surface area contributed by atoms with E-state index >= 15 is 0 Å². The fourth-order valence-corrected chi connectivity index (χ4v) is 3.82. The van der Waals surface area contributed by atoms with E-state index in [0.29, 0.717) is 11.6 Å². The Balaban J connectivity index is 1.89. The van der Waals surface area contributed by atoms with Gasteiger partial charge in [-0.2, -0.15) is 18.4 Å². The molecule has 0 bridgehead atoms. The number of rotatable bonds is 5. The lowest BCUT2D eigenvalue weighted by atomic mass is 10.0. The van der Waals surface area contributed by atoms with Crippen LogP contribution in [0.5, 0.6) is 0 Å². The van der Waals surface area contributed by atoms with Gasteiger partial charge in [0.1, 0.15) is 11.6 Å². The first kappa shape index (κ1) is 24.8. The van der Waals surface area contributed by atoms with E-state index in [1.54, 1.807) is 43.0 Å². The predicted octanol–water partition coefficient (Wildman–Crippen LogP) is 3.40. The Hall–Kier alpha value is -3.82. The van der Waals surface area contributed by atoms with Gasteiger partial charge in [-0.25, -0.2) is 10.5 Å². The van der Waals surface area contributed by atoms with E-state index in [9.17, 15) is 22.8 Å². The zero-order valence-electron chi connectivity index (χ0n) is 17.9. The van der Waals surface area contributed by atoms with Crippen LogP contribution in [-0.2, 0) is 22.3 Å². The number of nitriles is 1.